The number of methoxy groups -OCH3 is 3. The van der Waals surface area contributed by atoms with Gasteiger partial charge in [0.25, 0.3) is 5.91 Å². The minimum absolute atomic E-state index is 0.0432. The summed E-state index contributed by atoms with van der Waals surface area (Å²) in [6, 6.07) is 12.6. The summed E-state index contributed by atoms with van der Waals surface area (Å²) in [4.78, 5) is 28.1. The molecule has 0 unspecified atom stereocenters. The summed E-state index contributed by atoms with van der Waals surface area (Å²) in [5.41, 5.74) is 1.43. The fraction of sp³-hybridized carbons (Fsp3) is 0.440. The molecule has 32 heavy (non-hydrogen) atoms. The molecule has 0 spiro atoms. The van der Waals surface area contributed by atoms with Gasteiger partial charge in [0.2, 0.25) is 5.91 Å². The second kappa shape index (κ2) is 10.9. The number of nitrogens with zero attached hydrogens (tertiary/aromatic N) is 1. The van der Waals surface area contributed by atoms with E-state index in [1.165, 1.54) is 0 Å². The Hall–Kier alpha value is -3.22. The maximum Gasteiger partial charge on any atom is 0.253 e. The molecule has 172 valence electrons. The van der Waals surface area contributed by atoms with Crippen LogP contribution >= 0.6 is 0 Å². The number of benzene rings is 2. The molecule has 1 fully saturated rings. The molecule has 2 amide bonds. The summed E-state index contributed by atoms with van der Waals surface area (Å²) in [5, 5.41) is 3.04. The molecule has 0 radical (unpaired) electrons. The van der Waals surface area contributed by atoms with Crippen LogP contribution in [0, 0.1) is 5.92 Å². The van der Waals surface area contributed by atoms with E-state index < -0.39 is 0 Å². The summed E-state index contributed by atoms with van der Waals surface area (Å²) in [6.07, 6.45) is 1.92. The molecule has 7 nitrogen and oxygen atoms in total. The minimum Gasteiger partial charge on any atom is -0.497 e. The number of amides is 2. The zero-order chi connectivity index (χ0) is 23.1. The highest BCUT2D eigenvalue weighted by Gasteiger charge is 2.41. The number of nitrogens with one attached hydrogen (secondary N) is 1. The fourth-order valence-corrected chi connectivity index (χ4v) is 4.12. The van der Waals surface area contributed by atoms with Crippen molar-refractivity contribution < 1.29 is 23.8 Å². The van der Waals surface area contributed by atoms with Crippen molar-refractivity contribution in [3.8, 4) is 17.2 Å². The number of rotatable bonds is 9. The summed E-state index contributed by atoms with van der Waals surface area (Å²) < 4.78 is 16.2. The Morgan fingerprint density at radius 2 is 1.66 bits per heavy atom. The first kappa shape index (κ1) is 23.4. The van der Waals surface area contributed by atoms with Gasteiger partial charge in [-0.15, -0.1) is 0 Å². The molecule has 3 rings (SSSR count). The Morgan fingerprint density at radius 1 is 0.969 bits per heavy atom. The van der Waals surface area contributed by atoms with Crippen LogP contribution in [0.1, 0.15) is 41.6 Å². The predicted molar refractivity (Wildman–Crippen MR) is 123 cm³/mol. The lowest BCUT2D eigenvalue weighted by Crippen LogP contribution is -2.36. The van der Waals surface area contributed by atoms with Gasteiger partial charge in [-0.1, -0.05) is 13.3 Å². The van der Waals surface area contributed by atoms with E-state index in [0.717, 1.165) is 18.4 Å². The number of unbranched alkanes of at least 4 members (excludes halogenated alkanes) is 1. The van der Waals surface area contributed by atoms with Crippen LogP contribution < -0.4 is 19.5 Å². The number of likely N-dealkylation sites (tertiary alicyclic amines) is 1. The number of ether oxygens (including phenoxy) is 3. The third-order valence-electron chi connectivity index (χ3n) is 5.95. The molecule has 2 aromatic rings. The molecule has 1 heterocycles. The van der Waals surface area contributed by atoms with Crippen LogP contribution in [0.5, 0.6) is 17.2 Å². The fourth-order valence-electron chi connectivity index (χ4n) is 4.12. The second-order valence-corrected chi connectivity index (χ2v) is 7.90. The Kier molecular flexibility index (Phi) is 7.98. The quantitative estimate of drug-likeness (QED) is 0.604. The van der Waals surface area contributed by atoms with Crippen LogP contribution in [0.2, 0.25) is 0 Å². The van der Waals surface area contributed by atoms with Gasteiger partial charge in [0.15, 0.2) is 0 Å². The Morgan fingerprint density at radius 3 is 2.28 bits per heavy atom. The van der Waals surface area contributed by atoms with E-state index in [9.17, 15) is 9.59 Å². The van der Waals surface area contributed by atoms with Gasteiger partial charge in [-0.05, 0) is 48.9 Å². The highest BCUT2D eigenvalue weighted by Crippen LogP contribution is 2.40. The second-order valence-electron chi connectivity index (χ2n) is 7.90. The van der Waals surface area contributed by atoms with Crippen molar-refractivity contribution >= 4 is 11.8 Å². The van der Waals surface area contributed by atoms with Crippen LogP contribution in [0.25, 0.3) is 0 Å². The largest absolute Gasteiger partial charge is 0.497 e. The first-order chi connectivity index (χ1) is 15.5. The molecule has 2 aromatic carbocycles. The summed E-state index contributed by atoms with van der Waals surface area (Å²) in [6.45, 7) is 3.47. The standard InChI is InChI=1S/C25H32N2O5/c1-5-6-13-26-24(28)22-16-27(25(29)17-7-9-18(30-2)10-8-17)15-21(22)20-14-19(31-3)11-12-23(20)32-4/h7-12,14,21-22H,5-6,13,15-16H2,1-4H3,(H,26,28)/t21-,22-/m0/s1. The van der Waals surface area contributed by atoms with E-state index in [2.05, 4.69) is 12.2 Å². The van der Waals surface area contributed by atoms with Crippen LogP contribution in [0.3, 0.4) is 0 Å². The molecule has 0 saturated carbocycles. The highest BCUT2D eigenvalue weighted by molar-refractivity contribution is 5.95. The average Bonchev–Trinajstić information content (AvgIpc) is 3.28. The lowest BCUT2D eigenvalue weighted by molar-refractivity contribution is -0.124. The SMILES string of the molecule is CCCCNC(=O)[C@H]1CN(C(=O)c2ccc(OC)cc2)C[C@H]1c1cc(OC)ccc1OC. The Bertz CT molecular complexity index is 928. The van der Waals surface area contributed by atoms with Gasteiger partial charge in [-0.3, -0.25) is 9.59 Å². The van der Waals surface area contributed by atoms with Crippen LogP contribution in [-0.2, 0) is 4.79 Å². The summed E-state index contributed by atoms with van der Waals surface area (Å²) in [5.74, 6) is 1.32. The molecule has 1 N–H and O–H groups in total. The molecular formula is C25H32N2O5. The molecule has 1 aliphatic rings. The van der Waals surface area contributed by atoms with Crippen molar-refractivity contribution in [2.24, 2.45) is 5.92 Å². The third-order valence-corrected chi connectivity index (χ3v) is 5.95. The normalized spacial score (nSPS) is 17.7. The Labute approximate surface area is 189 Å². The number of carbonyl (C=O) groups excluding carboxylic acids is 2. The summed E-state index contributed by atoms with van der Waals surface area (Å²) in [7, 11) is 4.80. The molecule has 2 atom stereocenters. The van der Waals surface area contributed by atoms with Crippen molar-refractivity contribution in [1.29, 1.82) is 0 Å². The number of hydrogen-bond donors (Lipinski definition) is 1. The lowest BCUT2D eigenvalue weighted by Gasteiger charge is -2.21. The Balaban J connectivity index is 1.90. The van der Waals surface area contributed by atoms with E-state index >= 15 is 0 Å². The first-order valence-corrected chi connectivity index (χ1v) is 10.9. The molecule has 0 bridgehead atoms. The van der Waals surface area contributed by atoms with E-state index in [-0.39, 0.29) is 23.7 Å². The average molecular weight is 441 g/mol. The van der Waals surface area contributed by atoms with E-state index in [4.69, 9.17) is 14.2 Å². The van der Waals surface area contributed by atoms with E-state index in [0.29, 0.717) is 42.4 Å². The van der Waals surface area contributed by atoms with Gasteiger partial charge in [0.1, 0.15) is 17.2 Å². The van der Waals surface area contributed by atoms with E-state index in [1.54, 1.807) is 50.5 Å². The smallest absolute Gasteiger partial charge is 0.253 e. The van der Waals surface area contributed by atoms with Crippen molar-refractivity contribution in [2.75, 3.05) is 41.0 Å². The van der Waals surface area contributed by atoms with Crippen LogP contribution in [0.15, 0.2) is 42.5 Å². The maximum atomic E-state index is 13.2. The zero-order valence-corrected chi connectivity index (χ0v) is 19.2. The molecule has 7 heteroatoms. The summed E-state index contributed by atoms with van der Waals surface area (Å²) >= 11 is 0. The third kappa shape index (κ3) is 5.15. The van der Waals surface area contributed by atoms with Crippen LogP contribution in [-0.4, -0.2) is 57.7 Å². The number of carbonyl (C=O) groups is 2. The van der Waals surface area contributed by atoms with Crippen molar-refractivity contribution in [3.63, 3.8) is 0 Å². The van der Waals surface area contributed by atoms with Gasteiger partial charge >= 0.3 is 0 Å². The van der Waals surface area contributed by atoms with Gasteiger partial charge in [-0.25, -0.2) is 0 Å². The van der Waals surface area contributed by atoms with Gasteiger partial charge < -0.3 is 24.4 Å². The van der Waals surface area contributed by atoms with Gasteiger partial charge in [0, 0.05) is 36.7 Å². The predicted octanol–water partition coefficient (Wildman–Crippen LogP) is 3.48. The first-order valence-electron chi connectivity index (χ1n) is 10.9. The monoisotopic (exact) mass is 440 g/mol. The van der Waals surface area contributed by atoms with E-state index in [1.807, 2.05) is 18.2 Å². The lowest BCUT2D eigenvalue weighted by atomic mass is 9.87. The topological polar surface area (TPSA) is 77.1 Å². The van der Waals surface area contributed by atoms with Crippen molar-refractivity contribution in [2.45, 2.75) is 25.7 Å². The molecule has 0 aromatic heterocycles. The van der Waals surface area contributed by atoms with Gasteiger partial charge in [0.05, 0.1) is 27.2 Å². The number of hydrogen-bond acceptors (Lipinski definition) is 5. The molecular weight excluding hydrogens is 408 g/mol. The zero-order valence-electron chi connectivity index (χ0n) is 19.2. The maximum absolute atomic E-state index is 13.2. The van der Waals surface area contributed by atoms with Crippen molar-refractivity contribution in [1.82, 2.24) is 10.2 Å². The van der Waals surface area contributed by atoms with Gasteiger partial charge in [-0.2, -0.15) is 0 Å². The van der Waals surface area contributed by atoms with Crippen LogP contribution in [0.4, 0.5) is 0 Å². The molecule has 1 saturated heterocycles. The van der Waals surface area contributed by atoms with Crippen molar-refractivity contribution in [3.05, 3.63) is 53.6 Å². The molecule has 0 aliphatic carbocycles. The minimum atomic E-state index is -0.380. The molecule has 1 aliphatic heterocycles. The highest BCUT2D eigenvalue weighted by atomic mass is 16.5.